The molecular weight excluding hydrogens is 597 g/mol. The predicted molar refractivity (Wildman–Crippen MR) is 140 cm³/mol. The molecule has 1 saturated heterocycles. The van der Waals surface area contributed by atoms with Gasteiger partial charge in [-0.2, -0.15) is 26.3 Å². The van der Waals surface area contributed by atoms with Crippen molar-refractivity contribution in [1.82, 2.24) is 15.2 Å². The number of hydrogen-bond donors (Lipinski definition) is 2. The molecule has 1 fully saturated rings. The smallest absolute Gasteiger partial charge is 0.422 e. The van der Waals surface area contributed by atoms with Crippen LogP contribution in [0.25, 0.3) is 0 Å². The molecule has 0 atom stereocenters. The average Bonchev–Trinajstić information content (AvgIpc) is 3.16. The van der Waals surface area contributed by atoms with Crippen LogP contribution in [0, 0.1) is 0 Å². The number of halogens is 4. The van der Waals surface area contributed by atoms with Crippen LogP contribution in [0.4, 0.5) is 18.0 Å². The number of benzene rings is 1. The molecule has 2 heterocycles. The number of nitrogens with zero attached hydrogens (tertiary/aromatic N) is 2. The second-order valence-corrected chi connectivity index (χ2v) is 10.2. The Bertz CT molecular complexity index is 1320. The van der Waals surface area contributed by atoms with Gasteiger partial charge in [0, 0.05) is 25.8 Å². The van der Waals surface area contributed by atoms with Crippen LogP contribution in [0.2, 0.25) is 5.02 Å². The van der Waals surface area contributed by atoms with Gasteiger partial charge in [-0.25, -0.2) is 9.78 Å². The molecule has 0 bridgehead atoms. The van der Waals surface area contributed by atoms with Gasteiger partial charge in [0.1, 0.15) is 29.0 Å². The summed E-state index contributed by atoms with van der Waals surface area (Å²) >= 11 is 5.99. The van der Waals surface area contributed by atoms with Crippen molar-refractivity contribution in [2.24, 2.45) is 4.40 Å². The van der Waals surface area contributed by atoms with Crippen LogP contribution >= 0.6 is 11.6 Å². The summed E-state index contributed by atoms with van der Waals surface area (Å²) in [5.41, 5.74) is 1.95. The molecule has 2 N–H and O–H groups in total. The summed E-state index contributed by atoms with van der Waals surface area (Å²) in [4.78, 5) is 20.7. The summed E-state index contributed by atoms with van der Waals surface area (Å²) in [5, 5.41) is -0.355. The summed E-state index contributed by atoms with van der Waals surface area (Å²) in [6, 6.07) is 5.50. The lowest BCUT2D eigenvalue weighted by Crippen LogP contribution is -2.32. The first-order chi connectivity index (χ1) is 19.5. The molecule has 0 spiro atoms. The molecule has 41 heavy (non-hydrogen) atoms. The van der Waals surface area contributed by atoms with Gasteiger partial charge in [-0.1, -0.05) is 17.7 Å². The van der Waals surface area contributed by atoms with Crippen molar-refractivity contribution in [2.75, 3.05) is 33.5 Å². The van der Waals surface area contributed by atoms with Crippen molar-refractivity contribution >= 4 is 33.7 Å². The standard InChI is InChI=1S/C24H28ClF3N4O8S/c1-36-11-12-37-18-8-7-16(20(14-18)40-22-19(25)13-17(15-29-22)24(26,27)28)5-4-9-38-23(33)32-41(34,35)31-21-6-2-3-10-39-30-21/h7-8,13-15H,2-6,9-12H2,1H3,(H,30,31)(H,32,33). The monoisotopic (exact) mass is 624 g/mol. The third-order valence-electron chi connectivity index (χ3n) is 5.30. The molecule has 1 aliphatic rings. The number of rotatable bonds is 12. The second-order valence-electron chi connectivity index (χ2n) is 8.48. The van der Waals surface area contributed by atoms with Crippen molar-refractivity contribution in [2.45, 2.75) is 38.3 Å². The Morgan fingerprint density at radius 2 is 2.02 bits per heavy atom. The van der Waals surface area contributed by atoms with Crippen LogP contribution in [0.5, 0.6) is 17.4 Å². The van der Waals surface area contributed by atoms with E-state index in [0.29, 0.717) is 49.6 Å². The van der Waals surface area contributed by atoms with Gasteiger partial charge >= 0.3 is 22.5 Å². The molecule has 0 unspecified atom stereocenters. The maximum Gasteiger partial charge on any atom is 0.422 e. The number of carbonyl (C=O) groups excluding carboxylic acids is 1. The zero-order valence-electron chi connectivity index (χ0n) is 21.8. The van der Waals surface area contributed by atoms with Crippen molar-refractivity contribution in [3.63, 3.8) is 0 Å². The zero-order chi connectivity index (χ0) is 29.9. The number of ether oxygens (including phenoxy) is 4. The highest BCUT2D eigenvalue weighted by Gasteiger charge is 2.32. The first-order valence-electron chi connectivity index (χ1n) is 12.3. The highest BCUT2D eigenvalue weighted by atomic mass is 35.5. The molecule has 226 valence electrons. The molecule has 0 radical (unpaired) electrons. The number of carbonyl (C=O) groups is 1. The molecule has 1 amide bonds. The molecule has 17 heteroatoms. The lowest BCUT2D eigenvalue weighted by Gasteiger charge is -2.15. The number of aryl methyl sites for hydroxylation is 1. The van der Waals surface area contributed by atoms with E-state index < -0.39 is 28.0 Å². The molecule has 1 aliphatic heterocycles. The van der Waals surface area contributed by atoms with Gasteiger partial charge in [0.05, 0.1) is 25.4 Å². The van der Waals surface area contributed by atoms with Crippen LogP contribution in [0.3, 0.4) is 0 Å². The Hall–Kier alpha value is -3.34. The van der Waals surface area contributed by atoms with Crippen LogP contribution < -0.4 is 19.7 Å². The third-order valence-corrected chi connectivity index (χ3v) is 6.46. The lowest BCUT2D eigenvalue weighted by atomic mass is 10.1. The van der Waals surface area contributed by atoms with E-state index in [1.807, 2.05) is 0 Å². The van der Waals surface area contributed by atoms with Crippen LogP contribution in [-0.4, -0.2) is 58.9 Å². The van der Waals surface area contributed by atoms with Crippen LogP contribution in [0.15, 0.2) is 34.9 Å². The minimum absolute atomic E-state index is 0.0626. The highest BCUT2D eigenvalue weighted by Crippen LogP contribution is 2.36. The van der Waals surface area contributed by atoms with E-state index in [0.717, 1.165) is 6.42 Å². The molecule has 0 aliphatic carbocycles. The van der Waals surface area contributed by atoms with Gasteiger partial charge in [-0.15, -0.1) is 4.40 Å². The molecule has 0 saturated carbocycles. The maximum absolute atomic E-state index is 13.0. The minimum atomic E-state index is -4.63. The summed E-state index contributed by atoms with van der Waals surface area (Å²) < 4.78 is 89.5. The van der Waals surface area contributed by atoms with Crippen molar-refractivity contribution in [3.8, 4) is 17.4 Å². The minimum Gasteiger partial charge on any atom is -0.491 e. The topological polar surface area (TPSA) is 147 Å². The van der Waals surface area contributed by atoms with E-state index in [1.165, 1.54) is 13.2 Å². The number of nitrogens with one attached hydrogen (secondary N) is 2. The van der Waals surface area contributed by atoms with Crippen molar-refractivity contribution in [3.05, 3.63) is 46.6 Å². The van der Waals surface area contributed by atoms with Crippen molar-refractivity contribution < 1.29 is 50.2 Å². The number of amides is 1. The summed E-state index contributed by atoms with van der Waals surface area (Å²) in [7, 11) is -2.86. The van der Waals surface area contributed by atoms with E-state index >= 15 is 0 Å². The van der Waals surface area contributed by atoms with Gasteiger partial charge in [-0.3, -0.25) is 10.3 Å². The largest absolute Gasteiger partial charge is 0.491 e. The van der Waals surface area contributed by atoms with Crippen LogP contribution in [0.1, 0.15) is 36.8 Å². The number of hydroxylamine groups is 1. The summed E-state index contributed by atoms with van der Waals surface area (Å²) in [5.74, 6) is 0.383. The average molecular weight is 625 g/mol. The first kappa shape index (κ1) is 32.2. The fraction of sp³-hybridized carbons (Fsp3) is 0.458. The molecule has 1 aromatic carbocycles. The van der Waals surface area contributed by atoms with Gasteiger partial charge in [0.15, 0.2) is 0 Å². The third kappa shape index (κ3) is 10.9. The molecule has 1 aromatic heterocycles. The molecular formula is C24H28ClF3N4O8S. The molecule has 12 nitrogen and oxygen atoms in total. The quantitative estimate of drug-likeness (QED) is 0.322. The fourth-order valence-electron chi connectivity index (χ4n) is 3.38. The number of aromatic nitrogens is 1. The Labute approximate surface area is 239 Å². The maximum atomic E-state index is 13.0. The Morgan fingerprint density at radius 3 is 2.76 bits per heavy atom. The normalized spacial score (nSPS) is 15.1. The summed E-state index contributed by atoms with van der Waals surface area (Å²) in [6.07, 6.45) is -3.03. The van der Waals surface area contributed by atoms with E-state index in [2.05, 4.69) is 14.9 Å². The first-order valence-corrected chi connectivity index (χ1v) is 14.1. The number of amidine groups is 1. The van der Waals surface area contributed by atoms with Gasteiger partial charge in [0.2, 0.25) is 5.88 Å². The SMILES string of the molecule is COCCOc1ccc(CCCOC(=O)NS(=O)(=O)/N=C2\CCCCON2)c(Oc2ncc(C(F)(F)F)cc2Cl)c1. The highest BCUT2D eigenvalue weighted by molar-refractivity contribution is 7.88. The Balaban J connectivity index is 1.62. The summed E-state index contributed by atoms with van der Waals surface area (Å²) in [6.45, 7) is 0.772. The van der Waals surface area contributed by atoms with E-state index in [9.17, 15) is 26.4 Å². The predicted octanol–water partition coefficient (Wildman–Crippen LogP) is 4.58. The Kier molecular flexibility index (Phi) is 11.8. The molecule has 2 aromatic rings. The molecule has 3 rings (SSSR count). The lowest BCUT2D eigenvalue weighted by molar-refractivity contribution is -0.137. The number of hydrogen-bond acceptors (Lipinski definition) is 9. The van der Waals surface area contributed by atoms with Crippen molar-refractivity contribution in [1.29, 1.82) is 0 Å². The number of methoxy groups -OCH3 is 1. The second kappa shape index (κ2) is 15.0. The van der Waals surface area contributed by atoms with Gasteiger partial charge in [0.25, 0.3) is 0 Å². The number of pyridine rings is 1. The van der Waals surface area contributed by atoms with Gasteiger partial charge < -0.3 is 18.9 Å². The van der Waals surface area contributed by atoms with Gasteiger partial charge in [-0.05, 0) is 43.4 Å². The number of alkyl halides is 3. The Morgan fingerprint density at radius 1 is 1.22 bits per heavy atom. The fourth-order valence-corrected chi connectivity index (χ4v) is 4.31. The van der Waals surface area contributed by atoms with E-state index in [1.54, 1.807) is 16.9 Å². The van der Waals surface area contributed by atoms with Crippen LogP contribution in [-0.2, 0) is 37.1 Å². The zero-order valence-corrected chi connectivity index (χ0v) is 23.4. The van der Waals surface area contributed by atoms with E-state index in [-0.39, 0.29) is 48.5 Å². The van der Waals surface area contributed by atoms with E-state index in [4.69, 9.17) is 35.4 Å².